The van der Waals surface area contributed by atoms with Gasteiger partial charge < -0.3 is 10.4 Å². The van der Waals surface area contributed by atoms with Crippen LogP contribution in [0.25, 0.3) is 0 Å². The summed E-state index contributed by atoms with van der Waals surface area (Å²) in [7, 11) is 0. The summed E-state index contributed by atoms with van der Waals surface area (Å²) in [6.07, 6.45) is 4.59. The van der Waals surface area contributed by atoms with E-state index in [4.69, 9.17) is 5.11 Å². The Hall–Kier alpha value is -1.77. The van der Waals surface area contributed by atoms with Crippen LogP contribution < -0.4 is 5.32 Å². The van der Waals surface area contributed by atoms with Gasteiger partial charge in [-0.3, -0.25) is 0 Å². The smallest absolute Gasteiger partial charge is 0.329 e. The minimum absolute atomic E-state index is 0.331. The number of benzene rings is 1. The van der Waals surface area contributed by atoms with Crippen molar-refractivity contribution in [3.63, 3.8) is 0 Å². The fourth-order valence-corrected chi connectivity index (χ4v) is 1.93. The monoisotopic (exact) mass is 203 g/mol. The summed E-state index contributed by atoms with van der Waals surface area (Å²) in [6, 6.07) is 8.65. The highest BCUT2D eigenvalue weighted by Crippen LogP contribution is 2.21. The Morgan fingerprint density at radius 1 is 1.33 bits per heavy atom. The van der Waals surface area contributed by atoms with Crippen LogP contribution in [-0.2, 0) is 17.6 Å². The highest BCUT2D eigenvalue weighted by Gasteiger charge is 2.19. The minimum Gasteiger partial charge on any atom is -0.478 e. The van der Waals surface area contributed by atoms with E-state index < -0.39 is 5.97 Å². The largest absolute Gasteiger partial charge is 0.478 e. The Bertz CT molecular complexity index is 373. The first-order valence-corrected chi connectivity index (χ1v) is 4.98. The number of hydrogen-bond acceptors (Lipinski definition) is 2. The maximum Gasteiger partial charge on any atom is 0.329 e. The standard InChI is InChI=1S/C12H13NO2/c14-12(15)5-6-13-11-7-9-3-1-2-4-10(9)8-11/h1-6,11,13H,7-8H2,(H,14,15)/b6-5+. The van der Waals surface area contributed by atoms with Crippen molar-refractivity contribution in [1.82, 2.24) is 5.32 Å². The maximum atomic E-state index is 10.3. The molecule has 0 atom stereocenters. The third-order valence-electron chi connectivity index (χ3n) is 2.61. The molecule has 78 valence electrons. The SMILES string of the molecule is O=C(O)/C=C/NC1Cc2ccccc2C1. The fraction of sp³-hybridized carbons (Fsp3) is 0.250. The van der Waals surface area contributed by atoms with Crippen molar-refractivity contribution in [3.8, 4) is 0 Å². The first kappa shape index (κ1) is 9.77. The summed E-state index contributed by atoms with van der Waals surface area (Å²) in [5.41, 5.74) is 2.72. The van der Waals surface area contributed by atoms with Crippen LogP contribution >= 0.6 is 0 Å². The number of carboxylic acid groups (broad SMARTS) is 1. The van der Waals surface area contributed by atoms with Gasteiger partial charge in [-0.15, -0.1) is 0 Å². The van der Waals surface area contributed by atoms with E-state index in [0.29, 0.717) is 6.04 Å². The van der Waals surface area contributed by atoms with Crippen LogP contribution in [0.5, 0.6) is 0 Å². The lowest BCUT2D eigenvalue weighted by atomic mass is 10.1. The molecule has 0 saturated carbocycles. The molecule has 1 aliphatic rings. The zero-order valence-electron chi connectivity index (χ0n) is 8.31. The molecule has 1 aromatic carbocycles. The number of nitrogens with one attached hydrogen (secondary N) is 1. The second kappa shape index (κ2) is 4.17. The van der Waals surface area contributed by atoms with Crippen molar-refractivity contribution in [2.24, 2.45) is 0 Å². The molecule has 0 amide bonds. The number of aliphatic carboxylic acids is 1. The molecule has 0 aliphatic heterocycles. The average Bonchev–Trinajstić information content (AvgIpc) is 2.59. The van der Waals surface area contributed by atoms with Gasteiger partial charge >= 0.3 is 5.97 Å². The Morgan fingerprint density at radius 2 is 1.93 bits per heavy atom. The number of hydrogen-bond donors (Lipinski definition) is 2. The molecular formula is C12H13NO2. The number of carbonyl (C=O) groups is 1. The third-order valence-corrected chi connectivity index (χ3v) is 2.61. The van der Waals surface area contributed by atoms with Crippen LogP contribution in [0.2, 0.25) is 0 Å². The molecular weight excluding hydrogens is 190 g/mol. The minimum atomic E-state index is -0.919. The first-order chi connectivity index (χ1) is 7.25. The second-order valence-electron chi connectivity index (χ2n) is 3.71. The van der Waals surface area contributed by atoms with E-state index in [9.17, 15) is 4.79 Å². The molecule has 2 N–H and O–H groups in total. The molecule has 0 spiro atoms. The summed E-state index contributed by atoms with van der Waals surface area (Å²) in [6.45, 7) is 0. The van der Waals surface area contributed by atoms with E-state index in [1.165, 1.54) is 17.3 Å². The van der Waals surface area contributed by atoms with Crippen LogP contribution in [0.3, 0.4) is 0 Å². The zero-order chi connectivity index (χ0) is 10.7. The first-order valence-electron chi connectivity index (χ1n) is 4.98. The maximum absolute atomic E-state index is 10.3. The highest BCUT2D eigenvalue weighted by molar-refractivity contribution is 5.79. The normalized spacial score (nSPS) is 15.5. The van der Waals surface area contributed by atoms with Gasteiger partial charge in [0.15, 0.2) is 0 Å². The molecule has 1 aromatic rings. The molecule has 15 heavy (non-hydrogen) atoms. The van der Waals surface area contributed by atoms with Gasteiger partial charge in [-0.05, 0) is 24.0 Å². The van der Waals surface area contributed by atoms with Crippen molar-refractivity contribution in [2.45, 2.75) is 18.9 Å². The van der Waals surface area contributed by atoms with Gasteiger partial charge in [0.25, 0.3) is 0 Å². The molecule has 3 nitrogen and oxygen atoms in total. The predicted octanol–water partition coefficient (Wildman–Crippen LogP) is 1.34. The van der Waals surface area contributed by atoms with E-state index in [-0.39, 0.29) is 0 Å². The van der Waals surface area contributed by atoms with Crippen molar-refractivity contribution >= 4 is 5.97 Å². The van der Waals surface area contributed by atoms with Gasteiger partial charge in [-0.2, -0.15) is 0 Å². The molecule has 0 heterocycles. The van der Waals surface area contributed by atoms with Gasteiger partial charge in [0.1, 0.15) is 0 Å². The molecule has 3 heteroatoms. The van der Waals surface area contributed by atoms with Crippen LogP contribution in [0, 0.1) is 0 Å². The Kier molecular flexibility index (Phi) is 2.72. The topological polar surface area (TPSA) is 49.3 Å². The Morgan fingerprint density at radius 3 is 2.47 bits per heavy atom. The molecule has 0 saturated heterocycles. The molecule has 0 radical (unpaired) electrons. The number of carboxylic acids is 1. The highest BCUT2D eigenvalue weighted by atomic mass is 16.4. The van der Waals surface area contributed by atoms with Gasteiger partial charge in [-0.25, -0.2) is 4.79 Å². The van der Waals surface area contributed by atoms with Crippen molar-refractivity contribution in [1.29, 1.82) is 0 Å². The van der Waals surface area contributed by atoms with E-state index in [2.05, 4.69) is 17.4 Å². The zero-order valence-corrected chi connectivity index (χ0v) is 8.31. The number of fused-ring (bicyclic) bond motifs is 1. The molecule has 0 aromatic heterocycles. The summed E-state index contributed by atoms with van der Waals surface area (Å²) < 4.78 is 0. The third kappa shape index (κ3) is 2.37. The molecule has 2 rings (SSSR count). The fourth-order valence-electron chi connectivity index (χ4n) is 1.93. The molecule has 1 aliphatic carbocycles. The summed E-state index contributed by atoms with van der Waals surface area (Å²) >= 11 is 0. The lowest BCUT2D eigenvalue weighted by Gasteiger charge is -2.07. The van der Waals surface area contributed by atoms with Crippen molar-refractivity contribution in [2.75, 3.05) is 0 Å². The van der Waals surface area contributed by atoms with E-state index in [1.807, 2.05) is 12.1 Å². The predicted molar refractivity (Wildman–Crippen MR) is 57.5 cm³/mol. The van der Waals surface area contributed by atoms with Gasteiger partial charge in [0.05, 0.1) is 0 Å². The van der Waals surface area contributed by atoms with Crippen LogP contribution in [0.15, 0.2) is 36.5 Å². The summed E-state index contributed by atoms with van der Waals surface area (Å²) in [4.78, 5) is 10.3. The van der Waals surface area contributed by atoms with E-state index >= 15 is 0 Å². The Labute approximate surface area is 88.4 Å². The lowest BCUT2D eigenvalue weighted by Crippen LogP contribution is -2.24. The van der Waals surface area contributed by atoms with Crippen LogP contribution in [-0.4, -0.2) is 17.1 Å². The van der Waals surface area contributed by atoms with E-state index in [0.717, 1.165) is 18.9 Å². The molecule has 0 unspecified atom stereocenters. The van der Waals surface area contributed by atoms with Gasteiger partial charge in [0.2, 0.25) is 0 Å². The van der Waals surface area contributed by atoms with Crippen molar-refractivity contribution < 1.29 is 9.90 Å². The summed E-state index contributed by atoms with van der Waals surface area (Å²) in [5, 5.41) is 11.5. The number of rotatable bonds is 3. The lowest BCUT2D eigenvalue weighted by molar-refractivity contribution is -0.131. The molecule has 0 bridgehead atoms. The average molecular weight is 203 g/mol. The van der Waals surface area contributed by atoms with Gasteiger partial charge in [-0.1, -0.05) is 24.3 Å². The van der Waals surface area contributed by atoms with E-state index in [1.54, 1.807) is 0 Å². The van der Waals surface area contributed by atoms with Crippen LogP contribution in [0.1, 0.15) is 11.1 Å². The Balaban J connectivity index is 1.93. The molecule has 0 fully saturated rings. The van der Waals surface area contributed by atoms with Crippen LogP contribution in [0.4, 0.5) is 0 Å². The summed E-state index contributed by atoms with van der Waals surface area (Å²) in [5.74, 6) is -0.919. The quantitative estimate of drug-likeness (QED) is 0.729. The second-order valence-corrected chi connectivity index (χ2v) is 3.71. The van der Waals surface area contributed by atoms with Crippen molar-refractivity contribution in [3.05, 3.63) is 47.7 Å². The van der Waals surface area contributed by atoms with Gasteiger partial charge in [0, 0.05) is 18.3 Å².